The van der Waals surface area contributed by atoms with E-state index < -0.39 is 5.60 Å². The minimum absolute atomic E-state index is 0.169. The van der Waals surface area contributed by atoms with Crippen molar-refractivity contribution in [2.45, 2.75) is 70.8 Å². The van der Waals surface area contributed by atoms with Crippen molar-refractivity contribution in [3.63, 3.8) is 0 Å². The molecule has 1 atom stereocenters. The zero-order chi connectivity index (χ0) is 22.1. The van der Waals surface area contributed by atoms with E-state index in [1.165, 1.54) is 24.1 Å². The van der Waals surface area contributed by atoms with Gasteiger partial charge < -0.3 is 19.9 Å². The highest BCUT2D eigenvalue weighted by Gasteiger charge is 2.39. The van der Waals surface area contributed by atoms with Gasteiger partial charge in [-0.15, -0.1) is 0 Å². The van der Waals surface area contributed by atoms with Crippen molar-refractivity contribution < 1.29 is 14.3 Å². The van der Waals surface area contributed by atoms with Crippen molar-refractivity contribution in [2.24, 2.45) is 5.41 Å². The summed E-state index contributed by atoms with van der Waals surface area (Å²) in [6, 6.07) is 8.96. The number of carbonyl (C=O) groups is 2. The van der Waals surface area contributed by atoms with Crippen LogP contribution in [0, 0.1) is 5.41 Å². The number of anilines is 1. The number of carbonyl (C=O) groups excluding carboxylic acids is 2. The predicted molar refractivity (Wildman–Crippen MR) is 122 cm³/mol. The maximum Gasteiger partial charge on any atom is 0.410 e. The molecule has 6 heteroatoms. The predicted octanol–water partition coefficient (Wildman–Crippen LogP) is 4.30. The van der Waals surface area contributed by atoms with Crippen molar-refractivity contribution in [3.05, 3.63) is 29.8 Å². The number of hydrogen-bond acceptors (Lipinski definition) is 4. The number of rotatable bonds is 2. The van der Waals surface area contributed by atoms with Gasteiger partial charge in [0.25, 0.3) is 0 Å². The van der Waals surface area contributed by atoms with Crippen LogP contribution in [0.2, 0.25) is 0 Å². The van der Waals surface area contributed by atoms with Crippen LogP contribution in [0.5, 0.6) is 0 Å². The van der Waals surface area contributed by atoms with Gasteiger partial charge >= 0.3 is 6.09 Å². The summed E-state index contributed by atoms with van der Waals surface area (Å²) in [6.07, 6.45) is 5.93. The van der Waals surface area contributed by atoms with Crippen LogP contribution in [0.25, 0.3) is 0 Å². The molecule has 4 rings (SSSR count). The number of piperidine rings is 3. The highest BCUT2D eigenvalue weighted by molar-refractivity contribution is 5.77. The Kier molecular flexibility index (Phi) is 6.18. The molecule has 0 radical (unpaired) electrons. The van der Waals surface area contributed by atoms with Gasteiger partial charge in [0.15, 0.2) is 0 Å². The highest BCUT2D eigenvalue weighted by atomic mass is 16.6. The summed E-state index contributed by atoms with van der Waals surface area (Å²) >= 11 is 0. The Hall–Kier alpha value is -2.24. The van der Waals surface area contributed by atoms with E-state index in [4.69, 9.17) is 4.74 Å². The van der Waals surface area contributed by atoms with E-state index in [1.54, 1.807) is 0 Å². The van der Waals surface area contributed by atoms with Gasteiger partial charge in [-0.1, -0.05) is 12.1 Å². The molecule has 1 spiro atoms. The third-order valence-electron chi connectivity index (χ3n) is 7.30. The maximum absolute atomic E-state index is 12.4. The highest BCUT2D eigenvalue weighted by Crippen LogP contribution is 2.42. The zero-order valence-electron chi connectivity index (χ0n) is 19.3. The molecule has 1 N–H and O–H groups in total. The topological polar surface area (TPSA) is 61.9 Å². The summed E-state index contributed by atoms with van der Waals surface area (Å²) in [6.45, 7) is 10.3. The first-order chi connectivity index (χ1) is 14.7. The molecule has 0 aromatic heterocycles. The van der Waals surface area contributed by atoms with Gasteiger partial charge in [-0.3, -0.25) is 4.79 Å². The van der Waals surface area contributed by atoms with Gasteiger partial charge in [0, 0.05) is 50.7 Å². The quantitative estimate of drug-likeness (QED) is 0.765. The molecule has 3 aliphatic heterocycles. The van der Waals surface area contributed by atoms with Crippen LogP contribution in [-0.4, -0.2) is 55.2 Å². The van der Waals surface area contributed by atoms with E-state index in [-0.39, 0.29) is 12.0 Å². The van der Waals surface area contributed by atoms with Crippen LogP contribution in [-0.2, 0) is 9.53 Å². The van der Waals surface area contributed by atoms with E-state index in [1.807, 2.05) is 25.7 Å². The van der Waals surface area contributed by atoms with Crippen molar-refractivity contribution in [3.8, 4) is 0 Å². The van der Waals surface area contributed by atoms with Gasteiger partial charge in [-0.25, -0.2) is 4.79 Å². The number of nitrogens with zero attached hydrogens (tertiary/aromatic N) is 2. The molecule has 6 nitrogen and oxygen atoms in total. The van der Waals surface area contributed by atoms with Crippen molar-refractivity contribution >= 4 is 17.7 Å². The number of ether oxygens (including phenoxy) is 1. The lowest BCUT2D eigenvalue weighted by atomic mass is 9.71. The number of nitrogens with one attached hydrogen (secondary N) is 1. The SMILES string of the molecule is CC(C)(C)OC(=O)N1CCC2(CC1)CCN(c1ccc(C3CCC(=O)NC3)cc1)CC2. The summed E-state index contributed by atoms with van der Waals surface area (Å²) in [5.41, 5.74) is 2.56. The second kappa shape index (κ2) is 8.71. The number of hydrogen-bond donors (Lipinski definition) is 1. The monoisotopic (exact) mass is 427 g/mol. The van der Waals surface area contributed by atoms with Crippen LogP contribution in [0.1, 0.15) is 70.8 Å². The molecule has 170 valence electrons. The summed E-state index contributed by atoms with van der Waals surface area (Å²) < 4.78 is 5.54. The summed E-state index contributed by atoms with van der Waals surface area (Å²) in [7, 11) is 0. The standard InChI is InChI=1S/C25H37N3O3/c1-24(2,3)31-23(30)28-16-12-25(13-17-28)10-14-27(15-11-25)21-7-4-19(5-8-21)20-6-9-22(29)26-18-20/h4-5,7-8,20H,6,9-18H2,1-3H3,(H,26,29). The molecule has 0 aliphatic carbocycles. The van der Waals surface area contributed by atoms with Crippen LogP contribution in [0.3, 0.4) is 0 Å². The minimum Gasteiger partial charge on any atom is -0.444 e. The van der Waals surface area contributed by atoms with E-state index in [9.17, 15) is 9.59 Å². The lowest BCUT2D eigenvalue weighted by molar-refractivity contribution is -0.122. The average Bonchev–Trinajstić information content (AvgIpc) is 2.74. The molecule has 3 aliphatic rings. The first-order valence-corrected chi connectivity index (χ1v) is 11.8. The number of amides is 2. The van der Waals surface area contributed by atoms with E-state index in [0.29, 0.717) is 17.8 Å². The first-order valence-electron chi connectivity index (χ1n) is 11.8. The molecule has 1 aromatic rings. The minimum atomic E-state index is -0.433. The summed E-state index contributed by atoms with van der Waals surface area (Å²) in [4.78, 5) is 28.1. The smallest absolute Gasteiger partial charge is 0.410 e. The Labute approximate surface area is 186 Å². The lowest BCUT2D eigenvalue weighted by Gasteiger charge is -2.47. The Morgan fingerprint density at radius 2 is 1.65 bits per heavy atom. The number of benzene rings is 1. The zero-order valence-corrected chi connectivity index (χ0v) is 19.3. The lowest BCUT2D eigenvalue weighted by Crippen LogP contribution is -2.49. The second-order valence-corrected chi connectivity index (χ2v) is 10.6. The Morgan fingerprint density at radius 3 is 2.19 bits per heavy atom. The van der Waals surface area contributed by atoms with Crippen LogP contribution < -0.4 is 10.2 Å². The third-order valence-corrected chi connectivity index (χ3v) is 7.30. The molecular weight excluding hydrogens is 390 g/mol. The molecule has 1 aromatic carbocycles. The van der Waals surface area contributed by atoms with Gasteiger partial charge in [-0.2, -0.15) is 0 Å². The number of likely N-dealkylation sites (tertiary alicyclic amines) is 1. The van der Waals surface area contributed by atoms with Crippen LogP contribution >= 0.6 is 0 Å². The maximum atomic E-state index is 12.4. The average molecular weight is 428 g/mol. The van der Waals surface area contributed by atoms with Crippen LogP contribution in [0.4, 0.5) is 10.5 Å². The molecule has 3 saturated heterocycles. The Balaban J connectivity index is 1.27. The summed E-state index contributed by atoms with van der Waals surface area (Å²) in [5, 5.41) is 2.98. The Bertz CT molecular complexity index is 771. The molecule has 3 heterocycles. The fourth-order valence-corrected chi connectivity index (χ4v) is 5.20. The van der Waals surface area contributed by atoms with Gasteiger partial charge in [-0.05, 0) is 76.0 Å². The Morgan fingerprint density at radius 1 is 1.03 bits per heavy atom. The normalized spacial score (nSPS) is 24.1. The van der Waals surface area contributed by atoms with Gasteiger partial charge in [0.2, 0.25) is 5.91 Å². The van der Waals surface area contributed by atoms with Crippen LogP contribution in [0.15, 0.2) is 24.3 Å². The fourth-order valence-electron chi connectivity index (χ4n) is 5.20. The molecule has 2 amide bonds. The summed E-state index contributed by atoms with van der Waals surface area (Å²) in [5.74, 6) is 0.610. The molecule has 1 unspecified atom stereocenters. The van der Waals surface area contributed by atoms with Gasteiger partial charge in [0.1, 0.15) is 5.60 Å². The van der Waals surface area contributed by atoms with Gasteiger partial charge in [0.05, 0.1) is 0 Å². The third kappa shape index (κ3) is 5.34. The van der Waals surface area contributed by atoms with E-state index in [2.05, 4.69) is 34.5 Å². The van der Waals surface area contributed by atoms with Crippen molar-refractivity contribution in [2.75, 3.05) is 37.6 Å². The first kappa shape index (κ1) is 22.0. The molecular formula is C25H37N3O3. The molecule has 3 fully saturated rings. The largest absolute Gasteiger partial charge is 0.444 e. The van der Waals surface area contributed by atoms with E-state index in [0.717, 1.165) is 52.0 Å². The van der Waals surface area contributed by atoms with Crippen molar-refractivity contribution in [1.29, 1.82) is 0 Å². The second-order valence-electron chi connectivity index (χ2n) is 10.6. The van der Waals surface area contributed by atoms with E-state index >= 15 is 0 Å². The molecule has 31 heavy (non-hydrogen) atoms. The molecule has 0 bridgehead atoms. The fraction of sp³-hybridized carbons (Fsp3) is 0.680. The van der Waals surface area contributed by atoms with Crippen molar-refractivity contribution in [1.82, 2.24) is 10.2 Å². The molecule has 0 saturated carbocycles.